The highest BCUT2D eigenvalue weighted by molar-refractivity contribution is 7.92. The van der Waals surface area contributed by atoms with Crippen LogP contribution in [0.4, 0.5) is 5.69 Å². The van der Waals surface area contributed by atoms with E-state index in [0.29, 0.717) is 27.9 Å². The number of nitrogens with zero attached hydrogens (tertiary/aromatic N) is 1. The number of benzene rings is 2. The number of imide groups is 1. The highest BCUT2D eigenvalue weighted by Gasteiger charge is 2.32. The number of aromatic nitrogens is 1. The third kappa shape index (κ3) is 4.69. The average molecular weight is 501 g/mol. The van der Waals surface area contributed by atoms with Crippen LogP contribution in [-0.2, 0) is 26.2 Å². The normalized spacial score (nSPS) is 16.9. The quantitative estimate of drug-likeness (QED) is 0.371. The minimum absolute atomic E-state index is 0.00670. The predicted molar refractivity (Wildman–Crippen MR) is 130 cm³/mol. The molecule has 0 saturated carbocycles. The molecule has 3 heterocycles. The zero-order chi connectivity index (χ0) is 25.3. The van der Waals surface area contributed by atoms with Crippen LogP contribution in [-0.4, -0.2) is 31.1 Å². The van der Waals surface area contributed by atoms with Gasteiger partial charge in [0.25, 0.3) is 15.9 Å². The second kappa shape index (κ2) is 9.28. The first-order chi connectivity index (χ1) is 17.3. The van der Waals surface area contributed by atoms with Gasteiger partial charge in [-0.05, 0) is 60.4 Å². The summed E-state index contributed by atoms with van der Waals surface area (Å²) in [5, 5.41) is 4.98. The maximum absolute atomic E-state index is 13.3. The molecular weight excluding hydrogens is 480 g/mol. The van der Waals surface area contributed by atoms with Crippen molar-refractivity contribution < 1.29 is 22.8 Å². The summed E-state index contributed by atoms with van der Waals surface area (Å²) in [6.07, 6.45) is 2.05. The lowest BCUT2D eigenvalue weighted by Crippen LogP contribution is -2.39. The second-order valence-electron chi connectivity index (χ2n) is 8.38. The molecule has 36 heavy (non-hydrogen) atoms. The Morgan fingerprint density at radius 1 is 1.00 bits per heavy atom. The molecule has 1 aromatic heterocycles. The van der Waals surface area contributed by atoms with Crippen molar-refractivity contribution in [2.24, 2.45) is 0 Å². The molecule has 10 heteroatoms. The molecule has 1 fully saturated rings. The van der Waals surface area contributed by atoms with Crippen molar-refractivity contribution in [2.75, 3.05) is 4.72 Å². The van der Waals surface area contributed by atoms with E-state index in [4.69, 9.17) is 0 Å². The summed E-state index contributed by atoms with van der Waals surface area (Å²) in [7, 11) is -4.05. The van der Waals surface area contributed by atoms with Crippen LogP contribution in [0.15, 0.2) is 65.7 Å². The van der Waals surface area contributed by atoms with Gasteiger partial charge in [-0.2, -0.15) is 0 Å². The molecule has 3 amide bonds. The summed E-state index contributed by atoms with van der Waals surface area (Å²) in [5.74, 6) is 3.95. The molecule has 180 valence electrons. The van der Waals surface area contributed by atoms with Crippen LogP contribution in [0.25, 0.3) is 0 Å². The van der Waals surface area contributed by atoms with E-state index in [1.54, 1.807) is 42.6 Å². The van der Waals surface area contributed by atoms with Gasteiger partial charge in [0.05, 0.1) is 16.5 Å². The number of piperidine rings is 1. The lowest BCUT2D eigenvalue weighted by atomic mass is 9.88. The first-order valence-electron chi connectivity index (χ1n) is 11.1. The van der Waals surface area contributed by atoms with E-state index in [2.05, 4.69) is 32.2 Å². The maximum atomic E-state index is 13.3. The van der Waals surface area contributed by atoms with Crippen molar-refractivity contribution in [2.45, 2.75) is 30.2 Å². The Labute approximate surface area is 207 Å². The summed E-state index contributed by atoms with van der Waals surface area (Å²) < 4.78 is 29.2. The van der Waals surface area contributed by atoms with E-state index in [0.717, 1.165) is 0 Å². The van der Waals surface area contributed by atoms with Gasteiger partial charge in [0.2, 0.25) is 11.8 Å². The lowest BCUT2D eigenvalue weighted by Gasteiger charge is -2.22. The predicted octanol–water partition coefficient (Wildman–Crippen LogP) is 2.05. The number of amides is 3. The number of rotatable bonds is 4. The van der Waals surface area contributed by atoms with Crippen LogP contribution >= 0.6 is 0 Å². The third-order valence-electron chi connectivity index (χ3n) is 5.97. The summed E-state index contributed by atoms with van der Waals surface area (Å²) in [4.78, 5) is 40.5. The fourth-order valence-electron chi connectivity index (χ4n) is 4.17. The number of fused-ring (bicyclic) bond motifs is 1. The molecule has 0 spiro atoms. The minimum Gasteiger partial charge on any atom is -0.348 e. The number of nitrogens with one attached hydrogen (secondary N) is 3. The number of pyridine rings is 1. The van der Waals surface area contributed by atoms with Gasteiger partial charge < -0.3 is 5.32 Å². The van der Waals surface area contributed by atoms with E-state index in [-0.39, 0.29) is 41.8 Å². The van der Waals surface area contributed by atoms with Crippen LogP contribution in [0.2, 0.25) is 0 Å². The number of hydrogen-bond donors (Lipinski definition) is 3. The lowest BCUT2D eigenvalue weighted by molar-refractivity contribution is -0.134. The van der Waals surface area contributed by atoms with Crippen molar-refractivity contribution in [1.82, 2.24) is 15.6 Å². The van der Waals surface area contributed by atoms with Crippen LogP contribution in [0.5, 0.6) is 0 Å². The van der Waals surface area contributed by atoms with Gasteiger partial charge in [-0.1, -0.05) is 18.1 Å². The number of sulfonamides is 1. The topological polar surface area (TPSA) is 134 Å². The van der Waals surface area contributed by atoms with Gasteiger partial charge in [-0.25, -0.2) is 13.4 Å². The van der Waals surface area contributed by atoms with Crippen LogP contribution in [0, 0.1) is 11.8 Å². The fraction of sp³-hybridized carbons (Fsp3) is 0.154. The van der Waals surface area contributed by atoms with E-state index in [1.807, 2.05) is 6.07 Å². The van der Waals surface area contributed by atoms with Gasteiger partial charge in [0.15, 0.2) is 0 Å². The Bertz CT molecular complexity index is 1570. The zero-order valence-corrected chi connectivity index (χ0v) is 19.7. The van der Waals surface area contributed by atoms with E-state index in [1.165, 1.54) is 12.1 Å². The summed E-state index contributed by atoms with van der Waals surface area (Å²) in [5.41, 5.74) is 2.50. The Balaban J connectivity index is 1.48. The van der Waals surface area contributed by atoms with Gasteiger partial charge in [-0.15, -0.1) is 0 Å². The highest BCUT2D eigenvalue weighted by atomic mass is 32.2. The monoisotopic (exact) mass is 500 g/mol. The maximum Gasteiger partial charge on any atom is 0.261 e. The molecule has 0 aliphatic carbocycles. The zero-order valence-electron chi connectivity index (χ0n) is 18.9. The molecular formula is C26H20N4O5S. The summed E-state index contributed by atoms with van der Waals surface area (Å²) >= 11 is 0. The average Bonchev–Trinajstić information content (AvgIpc) is 3.24. The van der Waals surface area contributed by atoms with Crippen LogP contribution < -0.4 is 15.4 Å². The Morgan fingerprint density at radius 3 is 2.64 bits per heavy atom. The standard InChI is InChI=1S/C26H20N4O5S/c31-24-10-9-20(26(33)29-24)17-13-21-22(15-28-25(21)32)23(14-17)30-36(34,35)19-6-3-4-16(12-19)7-8-18-5-1-2-11-27-18/h1-6,11-14,20,30H,9-10,15H2,(H,28,32)(H,29,31,33). The molecule has 1 unspecified atom stereocenters. The molecule has 0 radical (unpaired) electrons. The number of carbonyl (C=O) groups excluding carboxylic acids is 3. The Kier molecular flexibility index (Phi) is 6.00. The van der Waals surface area contributed by atoms with Crippen molar-refractivity contribution in [3.63, 3.8) is 0 Å². The van der Waals surface area contributed by atoms with Gasteiger partial charge >= 0.3 is 0 Å². The van der Waals surface area contributed by atoms with Crippen molar-refractivity contribution in [3.8, 4) is 11.8 Å². The molecule has 2 aliphatic heterocycles. The van der Waals surface area contributed by atoms with E-state index >= 15 is 0 Å². The van der Waals surface area contributed by atoms with Crippen molar-refractivity contribution in [1.29, 1.82) is 0 Å². The Morgan fingerprint density at radius 2 is 1.86 bits per heavy atom. The number of carbonyl (C=O) groups is 3. The van der Waals surface area contributed by atoms with Crippen molar-refractivity contribution >= 4 is 33.4 Å². The van der Waals surface area contributed by atoms with Gasteiger partial charge in [0.1, 0.15) is 5.69 Å². The Hall–Kier alpha value is -4.49. The first kappa shape index (κ1) is 23.3. The molecule has 1 saturated heterocycles. The van der Waals surface area contributed by atoms with Gasteiger partial charge in [0, 0.05) is 35.9 Å². The first-order valence-corrected chi connectivity index (χ1v) is 12.6. The van der Waals surface area contributed by atoms with E-state index in [9.17, 15) is 22.8 Å². The summed E-state index contributed by atoms with van der Waals surface area (Å²) in [6, 6.07) is 14.7. The molecule has 2 aromatic carbocycles. The largest absolute Gasteiger partial charge is 0.348 e. The molecule has 3 N–H and O–H groups in total. The highest BCUT2D eigenvalue weighted by Crippen LogP contribution is 2.34. The minimum atomic E-state index is -4.05. The second-order valence-corrected chi connectivity index (χ2v) is 10.1. The van der Waals surface area contributed by atoms with Gasteiger partial charge in [-0.3, -0.25) is 24.4 Å². The van der Waals surface area contributed by atoms with Crippen molar-refractivity contribution in [3.05, 3.63) is 88.7 Å². The van der Waals surface area contributed by atoms with E-state index < -0.39 is 21.8 Å². The molecule has 1 atom stereocenters. The van der Waals surface area contributed by atoms with Crippen LogP contribution in [0.1, 0.15) is 51.5 Å². The SMILES string of the molecule is O=C1CCC(c2cc(NS(=O)(=O)c3cccc(C#Cc4ccccn4)c3)c3c(c2)C(=O)NC3)C(=O)N1. The molecule has 3 aromatic rings. The molecule has 0 bridgehead atoms. The number of hydrogen-bond acceptors (Lipinski definition) is 6. The number of anilines is 1. The molecule has 9 nitrogen and oxygen atoms in total. The summed E-state index contributed by atoms with van der Waals surface area (Å²) in [6.45, 7) is 0.150. The molecule has 2 aliphatic rings. The smallest absolute Gasteiger partial charge is 0.261 e. The third-order valence-corrected chi connectivity index (χ3v) is 7.34. The fourth-order valence-corrected chi connectivity index (χ4v) is 5.30. The molecule has 5 rings (SSSR count). The van der Waals surface area contributed by atoms with Crippen LogP contribution in [0.3, 0.4) is 0 Å².